The summed E-state index contributed by atoms with van der Waals surface area (Å²) in [6.07, 6.45) is 3.50. The van der Waals surface area contributed by atoms with E-state index in [9.17, 15) is 14.4 Å². The highest BCUT2D eigenvalue weighted by atomic mass is 16.5. The molecule has 1 atom stereocenters. The number of amides is 2. The normalized spacial score (nSPS) is 18.8. The second-order valence-electron chi connectivity index (χ2n) is 7.66. The first-order valence-electron chi connectivity index (χ1n) is 10.1. The number of piperidine rings is 1. The minimum absolute atomic E-state index is 0.170. The Morgan fingerprint density at radius 1 is 0.897 bits per heavy atom. The molecule has 0 spiro atoms. The summed E-state index contributed by atoms with van der Waals surface area (Å²) in [6, 6.07) is 15.7. The number of ether oxygens (including phenoxy) is 1. The van der Waals surface area contributed by atoms with Gasteiger partial charge >= 0.3 is 5.97 Å². The summed E-state index contributed by atoms with van der Waals surface area (Å²) in [7, 11) is 0. The number of anilines is 1. The van der Waals surface area contributed by atoms with Gasteiger partial charge in [0.15, 0.2) is 0 Å². The summed E-state index contributed by atoms with van der Waals surface area (Å²) in [6.45, 7) is 1.17. The first kappa shape index (κ1) is 19.2. The Bertz CT molecular complexity index is 891. The van der Waals surface area contributed by atoms with Gasteiger partial charge in [-0.15, -0.1) is 0 Å². The van der Waals surface area contributed by atoms with Gasteiger partial charge in [-0.25, -0.2) is 0 Å². The van der Waals surface area contributed by atoms with Gasteiger partial charge < -0.3 is 15.0 Å². The average Bonchev–Trinajstić information content (AvgIpc) is 3.61. The number of nitrogens with zero attached hydrogens (tertiary/aromatic N) is 1. The van der Waals surface area contributed by atoms with Crippen molar-refractivity contribution >= 4 is 23.5 Å². The number of hydrogen-bond donors (Lipinski definition) is 1. The fraction of sp³-hybridized carbons (Fsp3) is 0.348. The van der Waals surface area contributed by atoms with Crippen molar-refractivity contribution in [1.82, 2.24) is 4.90 Å². The minimum atomic E-state index is -0.306. The maximum Gasteiger partial charge on any atom is 0.316 e. The Morgan fingerprint density at radius 3 is 2.31 bits per heavy atom. The third-order valence-electron chi connectivity index (χ3n) is 5.36. The van der Waals surface area contributed by atoms with Crippen LogP contribution in [-0.2, 0) is 9.59 Å². The van der Waals surface area contributed by atoms with Crippen LogP contribution in [0.5, 0.6) is 5.75 Å². The van der Waals surface area contributed by atoms with Crippen LogP contribution >= 0.6 is 0 Å². The molecular weight excluding hydrogens is 368 g/mol. The van der Waals surface area contributed by atoms with Gasteiger partial charge in [-0.05, 0) is 62.1 Å². The number of rotatable bonds is 5. The Balaban J connectivity index is 1.31. The first-order chi connectivity index (χ1) is 14.1. The van der Waals surface area contributed by atoms with E-state index in [0.717, 1.165) is 32.2 Å². The number of benzene rings is 2. The third kappa shape index (κ3) is 4.83. The van der Waals surface area contributed by atoms with E-state index in [2.05, 4.69) is 5.32 Å². The van der Waals surface area contributed by atoms with Gasteiger partial charge in [0.25, 0.3) is 5.91 Å². The lowest BCUT2D eigenvalue weighted by Crippen LogP contribution is -2.44. The molecule has 6 nitrogen and oxygen atoms in total. The zero-order valence-electron chi connectivity index (χ0n) is 16.2. The first-order valence-corrected chi connectivity index (χ1v) is 10.1. The van der Waals surface area contributed by atoms with E-state index in [1.54, 1.807) is 36.4 Å². The molecule has 1 unspecified atom stereocenters. The van der Waals surface area contributed by atoms with Crippen LogP contribution in [-0.4, -0.2) is 35.8 Å². The molecule has 6 heteroatoms. The lowest BCUT2D eigenvalue weighted by atomic mass is 9.98. The van der Waals surface area contributed by atoms with Crippen LogP contribution in [0.25, 0.3) is 0 Å². The van der Waals surface area contributed by atoms with Gasteiger partial charge in [-0.2, -0.15) is 0 Å². The van der Waals surface area contributed by atoms with Gasteiger partial charge in [0.05, 0.1) is 5.92 Å². The maximum absolute atomic E-state index is 12.5. The van der Waals surface area contributed by atoms with Crippen LogP contribution in [0.1, 0.15) is 36.0 Å². The SMILES string of the molecule is O=C(Nc1ccc(OC(=O)C2CCCN(C(=O)C3CC3)C2)cc1)c1ccccc1. The third-order valence-corrected chi connectivity index (χ3v) is 5.36. The largest absolute Gasteiger partial charge is 0.426 e. The Kier molecular flexibility index (Phi) is 5.60. The number of nitrogens with one attached hydrogen (secondary N) is 1. The molecule has 2 aromatic rings. The summed E-state index contributed by atoms with van der Waals surface area (Å²) in [4.78, 5) is 38.8. The van der Waals surface area contributed by atoms with Crippen molar-refractivity contribution in [2.45, 2.75) is 25.7 Å². The molecule has 1 aliphatic heterocycles. The molecule has 0 radical (unpaired) electrons. The van der Waals surface area contributed by atoms with Crippen molar-refractivity contribution in [3.63, 3.8) is 0 Å². The quantitative estimate of drug-likeness (QED) is 0.624. The van der Waals surface area contributed by atoms with Crippen LogP contribution in [0.15, 0.2) is 54.6 Å². The van der Waals surface area contributed by atoms with Gasteiger partial charge in [0, 0.05) is 30.3 Å². The molecule has 29 heavy (non-hydrogen) atoms. The number of carbonyl (C=O) groups excluding carboxylic acids is 3. The highest BCUT2D eigenvalue weighted by Crippen LogP contribution is 2.32. The highest BCUT2D eigenvalue weighted by molar-refractivity contribution is 6.04. The molecule has 4 rings (SSSR count). The number of carbonyl (C=O) groups is 3. The monoisotopic (exact) mass is 392 g/mol. The second kappa shape index (κ2) is 8.47. The summed E-state index contributed by atoms with van der Waals surface area (Å²) in [5.41, 5.74) is 1.20. The van der Waals surface area contributed by atoms with Gasteiger partial charge in [-0.3, -0.25) is 14.4 Å². The smallest absolute Gasteiger partial charge is 0.316 e. The van der Waals surface area contributed by atoms with Crippen LogP contribution in [0.2, 0.25) is 0 Å². The zero-order chi connectivity index (χ0) is 20.2. The lowest BCUT2D eigenvalue weighted by Gasteiger charge is -2.31. The van der Waals surface area contributed by atoms with Crippen LogP contribution < -0.4 is 10.1 Å². The van der Waals surface area contributed by atoms with E-state index in [4.69, 9.17) is 4.74 Å². The van der Waals surface area contributed by atoms with Crippen molar-refractivity contribution in [1.29, 1.82) is 0 Å². The summed E-state index contributed by atoms with van der Waals surface area (Å²) in [5.74, 6) is -0.0102. The molecule has 2 fully saturated rings. The highest BCUT2D eigenvalue weighted by Gasteiger charge is 2.37. The van der Waals surface area contributed by atoms with E-state index in [-0.39, 0.29) is 29.6 Å². The van der Waals surface area contributed by atoms with Gasteiger partial charge in [0.1, 0.15) is 5.75 Å². The fourth-order valence-electron chi connectivity index (χ4n) is 3.56. The second-order valence-corrected chi connectivity index (χ2v) is 7.66. The van der Waals surface area contributed by atoms with Gasteiger partial charge in [-0.1, -0.05) is 18.2 Å². The molecule has 2 amide bonds. The molecule has 150 valence electrons. The molecule has 0 aromatic heterocycles. The Labute approximate surface area is 169 Å². The maximum atomic E-state index is 12.5. The van der Waals surface area contributed by atoms with E-state index in [1.165, 1.54) is 0 Å². The van der Waals surface area contributed by atoms with E-state index < -0.39 is 0 Å². The lowest BCUT2D eigenvalue weighted by molar-refractivity contribution is -0.143. The zero-order valence-corrected chi connectivity index (χ0v) is 16.2. The average molecular weight is 392 g/mol. The minimum Gasteiger partial charge on any atom is -0.426 e. The molecule has 1 heterocycles. The number of esters is 1. The van der Waals surface area contributed by atoms with Crippen LogP contribution in [0, 0.1) is 11.8 Å². The molecule has 2 aliphatic rings. The molecule has 1 aliphatic carbocycles. The molecule has 1 saturated heterocycles. The summed E-state index contributed by atoms with van der Waals surface area (Å²) >= 11 is 0. The van der Waals surface area contributed by atoms with Crippen molar-refractivity contribution < 1.29 is 19.1 Å². The molecular formula is C23H24N2O4. The number of hydrogen-bond acceptors (Lipinski definition) is 4. The Hall–Kier alpha value is -3.15. The van der Waals surface area contributed by atoms with Crippen molar-refractivity contribution in [2.75, 3.05) is 18.4 Å². The molecule has 2 aromatic carbocycles. The number of likely N-dealkylation sites (tertiary alicyclic amines) is 1. The molecule has 0 bridgehead atoms. The predicted molar refractivity (Wildman–Crippen MR) is 109 cm³/mol. The predicted octanol–water partition coefficient (Wildman–Crippen LogP) is 3.49. The van der Waals surface area contributed by atoms with E-state index >= 15 is 0 Å². The van der Waals surface area contributed by atoms with Crippen molar-refractivity contribution in [3.05, 3.63) is 60.2 Å². The fourth-order valence-corrected chi connectivity index (χ4v) is 3.56. The van der Waals surface area contributed by atoms with Crippen LogP contribution in [0.3, 0.4) is 0 Å². The van der Waals surface area contributed by atoms with Crippen LogP contribution in [0.4, 0.5) is 5.69 Å². The van der Waals surface area contributed by atoms with E-state index in [1.807, 2.05) is 23.1 Å². The summed E-state index contributed by atoms with van der Waals surface area (Å²) in [5, 5.41) is 2.81. The van der Waals surface area contributed by atoms with Crippen molar-refractivity contribution in [3.8, 4) is 5.75 Å². The summed E-state index contributed by atoms with van der Waals surface area (Å²) < 4.78 is 5.51. The standard InChI is InChI=1S/C23H24N2O4/c26-21(16-5-2-1-3-6-16)24-19-10-12-20(13-11-19)29-23(28)18-7-4-14-25(15-18)22(27)17-8-9-17/h1-3,5-6,10-13,17-18H,4,7-9,14-15H2,(H,24,26). The van der Waals surface area contributed by atoms with Crippen molar-refractivity contribution in [2.24, 2.45) is 11.8 Å². The topological polar surface area (TPSA) is 75.7 Å². The molecule has 1 N–H and O–H groups in total. The van der Waals surface area contributed by atoms with E-state index in [0.29, 0.717) is 23.5 Å². The Morgan fingerprint density at radius 2 is 1.62 bits per heavy atom. The molecule has 1 saturated carbocycles. The van der Waals surface area contributed by atoms with Gasteiger partial charge in [0.2, 0.25) is 5.91 Å².